The minimum atomic E-state index is -0.408. The molecule has 0 aliphatic heterocycles. The summed E-state index contributed by atoms with van der Waals surface area (Å²) in [5, 5.41) is 0.668. The summed E-state index contributed by atoms with van der Waals surface area (Å²) in [6, 6.07) is 0. The zero-order valence-electron chi connectivity index (χ0n) is 13.2. The van der Waals surface area contributed by atoms with Gasteiger partial charge in [-0.1, -0.05) is 18.3 Å². The van der Waals surface area contributed by atoms with Crippen LogP contribution in [-0.2, 0) is 16.1 Å². The van der Waals surface area contributed by atoms with Gasteiger partial charge >= 0.3 is 11.7 Å². The number of hydrogen-bond acceptors (Lipinski definition) is 5. The molecule has 0 saturated heterocycles. The Hall–Kier alpha value is -1.56. The van der Waals surface area contributed by atoms with E-state index in [1.54, 1.807) is 17.7 Å². The van der Waals surface area contributed by atoms with E-state index < -0.39 is 5.97 Å². The van der Waals surface area contributed by atoms with Gasteiger partial charge in [0.15, 0.2) is 0 Å². The summed E-state index contributed by atoms with van der Waals surface area (Å²) in [5.41, 5.74) is 1.04. The van der Waals surface area contributed by atoms with Crippen LogP contribution in [0, 0.1) is 6.92 Å². The minimum absolute atomic E-state index is 0.224. The van der Waals surface area contributed by atoms with Crippen LogP contribution in [0.5, 0.6) is 0 Å². The number of aryl methyl sites for hydroxylation is 2. The molecule has 0 saturated carbocycles. The van der Waals surface area contributed by atoms with Gasteiger partial charge in [0.1, 0.15) is 11.6 Å². The Bertz CT molecular complexity index is 605. The van der Waals surface area contributed by atoms with Crippen LogP contribution in [0.3, 0.4) is 0 Å². The highest BCUT2D eigenvalue weighted by molar-refractivity contribution is 8.00. The second-order valence-corrected chi connectivity index (χ2v) is 7.21. The molecule has 0 aromatic carbocycles. The number of aromatic nitrogens is 2. The SMILES string of the molecule is C=C(C)C(=O)OCC(C)(C)Sc1nc(=O)n(CC)cc1C. The van der Waals surface area contributed by atoms with Gasteiger partial charge in [-0.25, -0.2) is 9.59 Å². The number of nitrogens with zero attached hydrogens (tertiary/aromatic N) is 2. The van der Waals surface area contributed by atoms with Crippen molar-refractivity contribution >= 4 is 17.7 Å². The predicted octanol–water partition coefficient (Wildman–Crippen LogP) is 2.56. The summed E-state index contributed by atoms with van der Waals surface area (Å²) >= 11 is 1.43. The Morgan fingerprint density at radius 1 is 1.52 bits per heavy atom. The van der Waals surface area contributed by atoms with Crippen LogP contribution in [-0.4, -0.2) is 26.9 Å². The highest BCUT2D eigenvalue weighted by Gasteiger charge is 2.24. The zero-order valence-corrected chi connectivity index (χ0v) is 14.0. The van der Waals surface area contributed by atoms with Gasteiger partial charge in [0.05, 0.1) is 4.75 Å². The number of rotatable bonds is 6. The van der Waals surface area contributed by atoms with Gasteiger partial charge in [-0.2, -0.15) is 4.98 Å². The van der Waals surface area contributed by atoms with E-state index in [4.69, 9.17) is 4.74 Å². The Kier molecular flexibility index (Phi) is 5.78. The molecule has 0 radical (unpaired) electrons. The molecule has 0 bridgehead atoms. The molecule has 0 atom stereocenters. The predicted molar refractivity (Wildman–Crippen MR) is 84.6 cm³/mol. The summed E-state index contributed by atoms with van der Waals surface area (Å²) in [5.74, 6) is -0.408. The van der Waals surface area contributed by atoms with Crippen molar-refractivity contribution < 1.29 is 9.53 Å². The number of carbonyl (C=O) groups is 1. The van der Waals surface area contributed by atoms with Crippen LogP contribution in [0.25, 0.3) is 0 Å². The molecule has 0 aliphatic carbocycles. The minimum Gasteiger partial charge on any atom is -0.461 e. The number of esters is 1. The van der Waals surface area contributed by atoms with Crippen LogP contribution in [0.4, 0.5) is 0 Å². The van der Waals surface area contributed by atoms with Gasteiger partial charge in [-0.15, -0.1) is 0 Å². The fourth-order valence-electron chi connectivity index (χ4n) is 1.57. The van der Waals surface area contributed by atoms with E-state index in [0.29, 0.717) is 17.1 Å². The molecule has 1 aromatic heterocycles. The van der Waals surface area contributed by atoms with Gasteiger partial charge in [0.25, 0.3) is 0 Å². The van der Waals surface area contributed by atoms with Crippen molar-refractivity contribution in [3.63, 3.8) is 0 Å². The molecule has 0 unspecified atom stereocenters. The monoisotopic (exact) mass is 310 g/mol. The van der Waals surface area contributed by atoms with Gasteiger partial charge in [0, 0.05) is 18.3 Å². The first-order valence-corrected chi connectivity index (χ1v) is 7.57. The number of carbonyl (C=O) groups excluding carboxylic acids is 1. The molecule has 5 nitrogen and oxygen atoms in total. The lowest BCUT2D eigenvalue weighted by atomic mass is 10.2. The molecular formula is C15H22N2O3S. The van der Waals surface area contributed by atoms with Crippen molar-refractivity contribution in [1.82, 2.24) is 9.55 Å². The molecule has 1 heterocycles. The molecule has 0 amide bonds. The first-order chi connectivity index (χ1) is 9.66. The largest absolute Gasteiger partial charge is 0.461 e. The molecular weight excluding hydrogens is 288 g/mol. The maximum atomic E-state index is 11.8. The topological polar surface area (TPSA) is 61.2 Å². The van der Waals surface area contributed by atoms with Gasteiger partial charge in [0.2, 0.25) is 0 Å². The van der Waals surface area contributed by atoms with E-state index in [-0.39, 0.29) is 17.0 Å². The first-order valence-electron chi connectivity index (χ1n) is 6.76. The summed E-state index contributed by atoms with van der Waals surface area (Å²) < 4.78 is 6.37. The Labute approximate surface area is 129 Å². The highest BCUT2D eigenvalue weighted by Crippen LogP contribution is 2.32. The number of ether oxygens (including phenoxy) is 1. The summed E-state index contributed by atoms with van der Waals surface area (Å²) in [7, 11) is 0. The lowest BCUT2D eigenvalue weighted by Crippen LogP contribution is -2.27. The first kappa shape index (κ1) is 17.5. The average molecular weight is 310 g/mol. The van der Waals surface area contributed by atoms with Crippen LogP contribution in [0.1, 0.15) is 33.3 Å². The van der Waals surface area contributed by atoms with Crippen molar-refractivity contribution in [1.29, 1.82) is 0 Å². The second kappa shape index (κ2) is 6.93. The molecule has 0 fully saturated rings. The molecule has 0 spiro atoms. The molecule has 0 aliphatic rings. The molecule has 0 N–H and O–H groups in total. The normalized spacial score (nSPS) is 11.3. The Morgan fingerprint density at radius 2 is 2.14 bits per heavy atom. The Morgan fingerprint density at radius 3 is 2.67 bits per heavy atom. The highest BCUT2D eigenvalue weighted by atomic mass is 32.2. The van der Waals surface area contributed by atoms with E-state index >= 15 is 0 Å². The molecule has 1 aromatic rings. The van der Waals surface area contributed by atoms with E-state index in [2.05, 4.69) is 11.6 Å². The van der Waals surface area contributed by atoms with Crippen LogP contribution < -0.4 is 5.69 Å². The van der Waals surface area contributed by atoms with Crippen molar-refractivity contribution in [2.75, 3.05) is 6.61 Å². The Balaban J connectivity index is 2.84. The van der Waals surface area contributed by atoms with Crippen molar-refractivity contribution in [2.24, 2.45) is 0 Å². The van der Waals surface area contributed by atoms with Crippen LogP contribution in [0.2, 0.25) is 0 Å². The van der Waals surface area contributed by atoms with Crippen molar-refractivity contribution in [3.05, 3.63) is 34.4 Å². The van der Waals surface area contributed by atoms with Crippen LogP contribution >= 0.6 is 11.8 Å². The molecule has 1 rings (SSSR count). The maximum absolute atomic E-state index is 11.8. The van der Waals surface area contributed by atoms with E-state index in [9.17, 15) is 9.59 Å². The smallest absolute Gasteiger partial charge is 0.348 e. The van der Waals surface area contributed by atoms with Gasteiger partial charge in [-0.05, 0) is 40.2 Å². The van der Waals surface area contributed by atoms with E-state index in [1.807, 2.05) is 27.7 Å². The fourth-order valence-corrected chi connectivity index (χ4v) is 2.55. The van der Waals surface area contributed by atoms with E-state index in [1.165, 1.54) is 11.8 Å². The average Bonchev–Trinajstić information content (AvgIpc) is 2.39. The summed E-state index contributed by atoms with van der Waals surface area (Å²) in [6.45, 7) is 13.7. The van der Waals surface area contributed by atoms with Gasteiger partial charge < -0.3 is 4.74 Å². The summed E-state index contributed by atoms with van der Waals surface area (Å²) in [4.78, 5) is 27.4. The van der Waals surface area contributed by atoms with Crippen molar-refractivity contribution in [3.8, 4) is 0 Å². The van der Waals surface area contributed by atoms with E-state index in [0.717, 1.165) is 5.56 Å². The number of thioether (sulfide) groups is 1. The third-order valence-electron chi connectivity index (χ3n) is 2.74. The quantitative estimate of drug-likeness (QED) is 0.350. The third kappa shape index (κ3) is 5.04. The zero-order chi connectivity index (χ0) is 16.2. The van der Waals surface area contributed by atoms with Gasteiger partial charge in [-0.3, -0.25) is 4.57 Å². The fraction of sp³-hybridized carbons (Fsp3) is 0.533. The standard InChI is InChI=1S/C15H22N2O3S/c1-7-17-8-11(4)12(16-14(17)19)21-15(5,6)9-20-13(18)10(2)3/h8H,2,7,9H2,1,3-6H3. The maximum Gasteiger partial charge on any atom is 0.348 e. The van der Waals surface area contributed by atoms with Crippen LogP contribution in [0.15, 0.2) is 28.2 Å². The lowest BCUT2D eigenvalue weighted by Gasteiger charge is -2.23. The van der Waals surface area contributed by atoms with Crippen molar-refractivity contribution in [2.45, 2.75) is 50.9 Å². The summed E-state index contributed by atoms with van der Waals surface area (Å²) in [6.07, 6.45) is 1.80. The second-order valence-electron chi connectivity index (χ2n) is 5.52. The molecule has 6 heteroatoms. The number of hydrogen-bond donors (Lipinski definition) is 0. The lowest BCUT2D eigenvalue weighted by molar-refractivity contribution is -0.139. The molecule has 21 heavy (non-hydrogen) atoms. The third-order valence-corrected chi connectivity index (χ3v) is 4.02. The molecule has 116 valence electrons.